The Morgan fingerprint density at radius 1 is 1.42 bits per heavy atom. The zero-order chi connectivity index (χ0) is 13.7. The molecule has 0 amide bonds. The number of esters is 2. The second kappa shape index (κ2) is 5.99. The molecular weight excluding hydrogens is 248 g/mol. The minimum Gasteiger partial charge on any atom is -0.465 e. The van der Waals surface area contributed by atoms with Gasteiger partial charge in [0.05, 0.1) is 25.0 Å². The van der Waals surface area contributed by atoms with Crippen LogP contribution in [0.5, 0.6) is 0 Å². The Morgan fingerprint density at radius 2 is 2.21 bits per heavy atom. The van der Waals surface area contributed by atoms with Crippen LogP contribution in [0.3, 0.4) is 0 Å². The third kappa shape index (κ3) is 3.09. The van der Waals surface area contributed by atoms with Gasteiger partial charge in [-0.05, 0) is 18.6 Å². The Morgan fingerprint density at radius 3 is 2.95 bits per heavy atom. The van der Waals surface area contributed by atoms with Gasteiger partial charge in [-0.2, -0.15) is 5.10 Å². The number of para-hydroxylation sites is 1. The Bertz CT molecular complexity index is 525. The van der Waals surface area contributed by atoms with E-state index in [0.717, 1.165) is 6.42 Å². The first-order chi connectivity index (χ1) is 9.22. The molecule has 0 unspecified atom stereocenters. The topological polar surface area (TPSA) is 77.0 Å². The van der Waals surface area contributed by atoms with Gasteiger partial charge in [-0.3, -0.25) is 5.43 Å². The number of cyclic esters (lactones) is 1. The number of hydrazone groups is 1. The van der Waals surface area contributed by atoms with Crippen LogP contribution >= 0.6 is 0 Å². The summed E-state index contributed by atoms with van der Waals surface area (Å²) in [5, 5.41) is 4.00. The smallest absolute Gasteiger partial charge is 0.354 e. The van der Waals surface area contributed by atoms with Crippen molar-refractivity contribution in [1.29, 1.82) is 0 Å². The predicted molar refractivity (Wildman–Crippen MR) is 69.0 cm³/mol. The number of carbonyl (C=O) groups excluding carboxylic acids is 2. The molecule has 0 aromatic heterocycles. The first-order valence-corrected chi connectivity index (χ1v) is 5.89. The van der Waals surface area contributed by atoms with Gasteiger partial charge >= 0.3 is 11.9 Å². The van der Waals surface area contributed by atoms with E-state index in [9.17, 15) is 9.59 Å². The summed E-state index contributed by atoms with van der Waals surface area (Å²) >= 11 is 0. The Hall–Kier alpha value is -2.37. The van der Waals surface area contributed by atoms with Crippen LogP contribution < -0.4 is 5.43 Å². The van der Waals surface area contributed by atoms with E-state index in [1.54, 1.807) is 24.3 Å². The lowest BCUT2D eigenvalue weighted by molar-refractivity contribution is -0.137. The SMILES string of the molecule is COC(=O)c1ccccc1N/N=C1/CCCOC1=O. The van der Waals surface area contributed by atoms with Crippen molar-refractivity contribution < 1.29 is 19.1 Å². The summed E-state index contributed by atoms with van der Waals surface area (Å²) in [5.74, 6) is -0.885. The van der Waals surface area contributed by atoms with Gasteiger partial charge in [-0.1, -0.05) is 12.1 Å². The summed E-state index contributed by atoms with van der Waals surface area (Å²) in [6.07, 6.45) is 1.32. The zero-order valence-electron chi connectivity index (χ0n) is 10.5. The average Bonchev–Trinajstić information content (AvgIpc) is 2.46. The highest BCUT2D eigenvalue weighted by atomic mass is 16.5. The molecule has 1 aliphatic rings. The lowest BCUT2D eigenvalue weighted by atomic mass is 10.2. The van der Waals surface area contributed by atoms with E-state index in [0.29, 0.717) is 30.0 Å². The largest absolute Gasteiger partial charge is 0.465 e. The van der Waals surface area contributed by atoms with Crippen molar-refractivity contribution in [2.75, 3.05) is 19.1 Å². The molecule has 19 heavy (non-hydrogen) atoms. The lowest BCUT2D eigenvalue weighted by Gasteiger charge is -2.13. The van der Waals surface area contributed by atoms with Gasteiger partial charge in [-0.15, -0.1) is 0 Å². The third-order valence-corrected chi connectivity index (χ3v) is 2.67. The van der Waals surface area contributed by atoms with Gasteiger partial charge in [0.2, 0.25) is 0 Å². The van der Waals surface area contributed by atoms with Gasteiger partial charge in [0, 0.05) is 6.42 Å². The molecule has 0 radical (unpaired) electrons. The summed E-state index contributed by atoms with van der Waals surface area (Å²) in [4.78, 5) is 23.0. The number of anilines is 1. The minimum atomic E-state index is -0.463. The van der Waals surface area contributed by atoms with Crippen LogP contribution in [0.2, 0.25) is 0 Å². The van der Waals surface area contributed by atoms with E-state index in [2.05, 4.69) is 15.3 Å². The van der Waals surface area contributed by atoms with Crippen molar-refractivity contribution in [3.05, 3.63) is 29.8 Å². The fourth-order valence-electron chi connectivity index (χ4n) is 1.69. The molecule has 1 fully saturated rings. The molecule has 6 heteroatoms. The van der Waals surface area contributed by atoms with E-state index < -0.39 is 11.9 Å². The van der Waals surface area contributed by atoms with Gasteiger partial charge in [0.25, 0.3) is 0 Å². The monoisotopic (exact) mass is 262 g/mol. The van der Waals surface area contributed by atoms with E-state index in [1.807, 2.05) is 0 Å². The number of hydrogen-bond donors (Lipinski definition) is 1. The van der Waals surface area contributed by atoms with E-state index in [1.165, 1.54) is 7.11 Å². The molecule has 1 aromatic rings. The third-order valence-electron chi connectivity index (χ3n) is 2.67. The molecule has 0 spiro atoms. The summed E-state index contributed by atoms with van der Waals surface area (Å²) in [6, 6.07) is 6.78. The Balaban J connectivity index is 2.17. The van der Waals surface area contributed by atoms with Crippen LogP contribution in [-0.4, -0.2) is 31.4 Å². The molecule has 1 aromatic carbocycles. The zero-order valence-corrected chi connectivity index (χ0v) is 10.5. The molecule has 0 saturated carbocycles. The van der Waals surface area contributed by atoms with Crippen molar-refractivity contribution in [2.24, 2.45) is 5.10 Å². The Kier molecular flexibility index (Phi) is 4.12. The highest BCUT2D eigenvalue weighted by Gasteiger charge is 2.18. The van der Waals surface area contributed by atoms with Crippen LogP contribution in [0.25, 0.3) is 0 Å². The molecule has 1 heterocycles. The number of benzene rings is 1. The fraction of sp³-hybridized carbons (Fsp3) is 0.308. The van der Waals surface area contributed by atoms with Crippen LogP contribution in [0.1, 0.15) is 23.2 Å². The maximum Gasteiger partial charge on any atom is 0.354 e. The van der Waals surface area contributed by atoms with Crippen LogP contribution in [0.4, 0.5) is 5.69 Å². The molecule has 0 aliphatic carbocycles. The number of rotatable bonds is 3. The summed E-state index contributed by atoms with van der Waals surface area (Å²) in [7, 11) is 1.31. The molecule has 100 valence electrons. The van der Waals surface area contributed by atoms with Crippen molar-refractivity contribution in [2.45, 2.75) is 12.8 Å². The summed E-state index contributed by atoms with van der Waals surface area (Å²) < 4.78 is 9.55. The molecule has 0 atom stereocenters. The van der Waals surface area contributed by atoms with Crippen molar-refractivity contribution in [3.8, 4) is 0 Å². The minimum absolute atomic E-state index is 0.325. The molecule has 2 rings (SSSR count). The summed E-state index contributed by atoms with van der Waals surface area (Å²) in [6.45, 7) is 0.427. The van der Waals surface area contributed by atoms with Crippen molar-refractivity contribution in [1.82, 2.24) is 0 Å². The quantitative estimate of drug-likeness (QED) is 0.661. The first kappa shape index (κ1) is 13.1. The lowest BCUT2D eigenvalue weighted by Crippen LogP contribution is -2.25. The normalized spacial score (nSPS) is 16.9. The maximum atomic E-state index is 11.5. The Labute approximate surface area is 110 Å². The summed E-state index contributed by atoms with van der Waals surface area (Å²) in [5.41, 5.74) is 3.89. The molecule has 1 aliphatic heterocycles. The van der Waals surface area contributed by atoms with Gasteiger partial charge in [0.15, 0.2) is 0 Å². The van der Waals surface area contributed by atoms with Crippen molar-refractivity contribution >= 4 is 23.3 Å². The van der Waals surface area contributed by atoms with E-state index in [-0.39, 0.29) is 0 Å². The number of nitrogens with one attached hydrogen (secondary N) is 1. The highest BCUT2D eigenvalue weighted by molar-refractivity contribution is 6.37. The second-order valence-electron chi connectivity index (χ2n) is 3.95. The number of ether oxygens (including phenoxy) is 2. The molecule has 6 nitrogen and oxygen atoms in total. The maximum absolute atomic E-state index is 11.5. The fourth-order valence-corrected chi connectivity index (χ4v) is 1.69. The second-order valence-corrected chi connectivity index (χ2v) is 3.95. The highest BCUT2D eigenvalue weighted by Crippen LogP contribution is 2.16. The standard InChI is InChI=1S/C13H14N2O4/c1-18-12(16)9-5-2-3-6-10(9)14-15-11-7-4-8-19-13(11)17/h2-3,5-6,14H,4,7-8H2,1H3/b15-11-. The van der Waals surface area contributed by atoms with Crippen molar-refractivity contribution in [3.63, 3.8) is 0 Å². The number of methoxy groups -OCH3 is 1. The van der Waals surface area contributed by atoms with Gasteiger partial charge in [0.1, 0.15) is 5.71 Å². The molecule has 0 bridgehead atoms. The van der Waals surface area contributed by atoms with E-state index in [4.69, 9.17) is 4.74 Å². The van der Waals surface area contributed by atoms with Crippen LogP contribution in [0.15, 0.2) is 29.4 Å². The molecule has 1 N–H and O–H groups in total. The number of hydrogen-bond acceptors (Lipinski definition) is 6. The van der Waals surface area contributed by atoms with Crippen LogP contribution in [-0.2, 0) is 14.3 Å². The number of nitrogens with zero attached hydrogens (tertiary/aromatic N) is 1. The number of carbonyl (C=O) groups is 2. The van der Waals surface area contributed by atoms with Gasteiger partial charge < -0.3 is 9.47 Å². The van der Waals surface area contributed by atoms with E-state index >= 15 is 0 Å². The molecule has 1 saturated heterocycles. The predicted octanol–water partition coefficient (Wildman–Crippen LogP) is 1.58. The molecular formula is C13H14N2O4. The first-order valence-electron chi connectivity index (χ1n) is 5.89. The van der Waals surface area contributed by atoms with Gasteiger partial charge in [-0.25, -0.2) is 9.59 Å². The van der Waals surface area contributed by atoms with Crippen LogP contribution in [0, 0.1) is 0 Å². The average molecular weight is 262 g/mol.